The molecule has 0 atom stereocenters. The maximum Gasteiger partial charge on any atom is 0.222 e. The lowest BCUT2D eigenvalue weighted by atomic mass is 10.2. The number of para-hydroxylation sites is 2. The molecule has 0 spiro atoms. The number of thiazole rings is 1. The zero-order valence-corrected chi connectivity index (χ0v) is 16.4. The molecule has 0 saturated carbocycles. The van der Waals surface area contributed by atoms with Gasteiger partial charge in [-0.15, -0.1) is 11.3 Å². The largest absolute Gasteiger partial charge is 0.492 e. The van der Waals surface area contributed by atoms with E-state index in [4.69, 9.17) is 4.74 Å². The third-order valence-corrected chi connectivity index (χ3v) is 5.61. The predicted octanol–water partition coefficient (Wildman–Crippen LogP) is 3.52. The fraction of sp³-hybridized carbons (Fsp3) is 0.500. The van der Waals surface area contributed by atoms with Crippen LogP contribution in [0.25, 0.3) is 0 Å². The Balaban J connectivity index is 1.46. The van der Waals surface area contributed by atoms with Crippen LogP contribution in [0.15, 0.2) is 29.6 Å². The normalized spacial score (nSPS) is 14.5. The van der Waals surface area contributed by atoms with Crippen LogP contribution >= 0.6 is 11.3 Å². The molecule has 2 heterocycles. The second-order valence-electron chi connectivity index (χ2n) is 6.50. The van der Waals surface area contributed by atoms with Crippen molar-refractivity contribution in [1.29, 1.82) is 0 Å². The van der Waals surface area contributed by atoms with Gasteiger partial charge in [0.15, 0.2) is 0 Å². The van der Waals surface area contributed by atoms with Crippen LogP contribution in [0.1, 0.15) is 30.5 Å². The second kappa shape index (κ2) is 9.03. The number of anilines is 1. The van der Waals surface area contributed by atoms with Gasteiger partial charge in [-0.05, 0) is 38.8 Å². The van der Waals surface area contributed by atoms with E-state index in [9.17, 15) is 4.79 Å². The number of carbonyl (C=O) groups excluding carboxylic acids is 1. The molecule has 1 aliphatic rings. The van der Waals surface area contributed by atoms with E-state index in [2.05, 4.69) is 21.3 Å². The SMILES string of the molecule is CCOc1ccccc1N1CCN(C(=O)CCCc2nc(C)cs2)CC1. The highest BCUT2D eigenvalue weighted by Crippen LogP contribution is 2.28. The zero-order valence-electron chi connectivity index (χ0n) is 15.6. The summed E-state index contributed by atoms with van der Waals surface area (Å²) in [6, 6.07) is 8.14. The van der Waals surface area contributed by atoms with E-state index in [1.165, 1.54) is 0 Å². The molecule has 5 nitrogen and oxygen atoms in total. The van der Waals surface area contributed by atoms with Crippen LogP contribution in [-0.4, -0.2) is 48.6 Å². The molecule has 1 amide bonds. The fourth-order valence-corrected chi connectivity index (χ4v) is 4.08. The van der Waals surface area contributed by atoms with Crippen molar-refractivity contribution in [1.82, 2.24) is 9.88 Å². The summed E-state index contributed by atoms with van der Waals surface area (Å²) in [4.78, 5) is 21.2. The molecule has 0 radical (unpaired) electrons. The van der Waals surface area contributed by atoms with Gasteiger partial charge in [0.2, 0.25) is 5.91 Å². The van der Waals surface area contributed by atoms with Crippen LogP contribution in [0, 0.1) is 6.92 Å². The fourth-order valence-electron chi connectivity index (χ4n) is 3.26. The molecular weight excluding hydrogens is 346 g/mol. The summed E-state index contributed by atoms with van der Waals surface area (Å²) in [5, 5.41) is 3.20. The summed E-state index contributed by atoms with van der Waals surface area (Å²) in [6.45, 7) is 7.91. The number of rotatable bonds is 7. The van der Waals surface area contributed by atoms with E-state index in [1.807, 2.05) is 36.9 Å². The number of piperazine rings is 1. The molecule has 26 heavy (non-hydrogen) atoms. The number of hydrogen-bond acceptors (Lipinski definition) is 5. The molecule has 1 aliphatic heterocycles. The van der Waals surface area contributed by atoms with E-state index >= 15 is 0 Å². The van der Waals surface area contributed by atoms with Crippen molar-refractivity contribution in [3.8, 4) is 5.75 Å². The Morgan fingerprint density at radius 2 is 2.00 bits per heavy atom. The van der Waals surface area contributed by atoms with E-state index in [-0.39, 0.29) is 5.91 Å². The van der Waals surface area contributed by atoms with Crippen LogP contribution in [0.5, 0.6) is 5.75 Å². The zero-order chi connectivity index (χ0) is 18.4. The highest BCUT2D eigenvalue weighted by molar-refractivity contribution is 7.09. The molecule has 1 fully saturated rings. The molecule has 3 rings (SSSR count). The average molecular weight is 374 g/mol. The van der Waals surface area contributed by atoms with Gasteiger partial charge in [-0.2, -0.15) is 0 Å². The molecule has 1 aromatic carbocycles. The van der Waals surface area contributed by atoms with Crippen molar-refractivity contribution in [3.63, 3.8) is 0 Å². The molecule has 1 saturated heterocycles. The Hall–Kier alpha value is -2.08. The van der Waals surface area contributed by atoms with Gasteiger partial charge in [0, 0.05) is 43.7 Å². The maximum atomic E-state index is 12.5. The van der Waals surface area contributed by atoms with E-state index in [0.717, 1.165) is 61.2 Å². The molecule has 6 heteroatoms. The first-order valence-corrected chi connectivity index (χ1v) is 10.2. The summed E-state index contributed by atoms with van der Waals surface area (Å²) in [5.41, 5.74) is 2.19. The number of nitrogens with zero attached hydrogens (tertiary/aromatic N) is 3. The Morgan fingerprint density at radius 1 is 1.23 bits per heavy atom. The van der Waals surface area contributed by atoms with Crippen molar-refractivity contribution in [2.24, 2.45) is 0 Å². The highest BCUT2D eigenvalue weighted by atomic mass is 32.1. The van der Waals surface area contributed by atoms with E-state index < -0.39 is 0 Å². The van der Waals surface area contributed by atoms with Crippen LogP contribution < -0.4 is 9.64 Å². The summed E-state index contributed by atoms with van der Waals surface area (Å²) in [6.07, 6.45) is 2.37. The number of aryl methyl sites for hydroxylation is 2. The number of benzene rings is 1. The standard InChI is InChI=1S/C20H27N3O2S/c1-3-25-18-8-5-4-7-17(18)22-11-13-23(14-12-22)20(24)10-6-9-19-21-16(2)15-26-19/h4-5,7-8,15H,3,6,9-14H2,1-2H3. The molecule has 2 aromatic rings. The summed E-state index contributed by atoms with van der Waals surface area (Å²) < 4.78 is 5.73. The number of hydrogen-bond donors (Lipinski definition) is 0. The molecular formula is C20H27N3O2S. The number of ether oxygens (including phenoxy) is 1. The van der Waals surface area contributed by atoms with Gasteiger partial charge in [-0.25, -0.2) is 4.98 Å². The van der Waals surface area contributed by atoms with Crippen molar-refractivity contribution in [2.75, 3.05) is 37.7 Å². The van der Waals surface area contributed by atoms with Gasteiger partial charge in [-0.1, -0.05) is 12.1 Å². The van der Waals surface area contributed by atoms with Gasteiger partial charge >= 0.3 is 0 Å². The molecule has 0 unspecified atom stereocenters. The Bertz CT molecular complexity index is 723. The van der Waals surface area contributed by atoms with E-state index in [1.54, 1.807) is 11.3 Å². The van der Waals surface area contributed by atoms with Crippen molar-refractivity contribution >= 4 is 22.9 Å². The third-order valence-electron chi connectivity index (χ3n) is 4.59. The lowest BCUT2D eigenvalue weighted by Crippen LogP contribution is -2.48. The van der Waals surface area contributed by atoms with Gasteiger partial charge in [-0.3, -0.25) is 4.79 Å². The predicted molar refractivity (Wildman–Crippen MR) is 106 cm³/mol. The van der Waals surface area contributed by atoms with Crippen LogP contribution in [0.2, 0.25) is 0 Å². The van der Waals surface area contributed by atoms with E-state index in [0.29, 0.717) is 13.0 Å². The minimum Gasteiger partial charge on any atom is -0.492 e. The summed E-state index contributed by atoms with van der Waals surface area (Å²) >= 11 is 1.69. The molecule has 0 bridgehead atoms. The lowest BCUT2D eigenvalue weighted by molar-refractivity contribution is -0.131. The first kappa shape index (κ1) is 18.7. The van der Waals surface area contributed by atoms with Gasteiger partial charge < -0.3 is 14.5 Å². The molecule has 0 aliphatic carbocycles. The minimum absolute atomic E-state index is 0.260. The average Bonchev–Trinajstić information content (AvgIpc) is 3.08. The highest BCUT2D eigenvalue weighted by Gasteiger charge is 2.22. The molecule has 1 aromatic heterocycles. The second-order valence-corrected chi connectivity index (χ2v) is 7.45. The first-order valence-electron chi connectivity index (χ1n) is 9.33. The Morgan fingerprint density at radius 3 is 2.69 bits per heavy atom. The van der Waals surface area contributed by atoms with Gasteiger partial charge in [0.25, 0.3) is 0 Å². The topological polar surface area (TPSA) is 45.7 Å². The molecule has 140 valence electrons. The van der Waals surface area contributed by atoms with Crippen molar-refractivity contribution < 1.29 is 9.53 Å². The number of carbonyl (C=O) groups is 1. The first-order chi connectivity index (χ1) is 12.7. The smallest absolute Gasteiger partial charge is 0.222 e. The minimum atomic E-state index is 0.260. The molecule has 0 N–H and O–H groups in total. The maximum absolute atomic E-state index is 12.5. The Kier molecular flexibility index (Phi) is 6.50. The van der Waals surface area contributed by atoms with Gasteiger partial charge in [0.1, 0.15) is 5.75 Å². The number of amides is 1. The van der Waals surface area contributed by atoms with Crippen molar-refractivity contribution in [3.05, 3.63) is 40.3 Å². The van der Waals surface area contributed by atoms with Crippen LogP contribution in [-0.2, 0) is 11.2 Å². The third kappa shape index (κ3) is 4.75. The van der Waals surface area contributed by atoms with Crippen LogP contribution in [0.4, 0.5) is 5.69 Å². The van der Waals surface area contributed by atoms with Crippen molar-refractivity contribution in [2.45, 2.75) is 33.1 Å². The monoisotopic (exact) mass is 373 g/mol. The van der Waals surface area contributed by atoms with Crippen LogP contribution in [0.3, 0.4) is 0 Å². The lowest BCUT2D eigenvalue weighted by Gasteiger charge is -2.36. The quantitative estimate of drug-likeness (QED) is 0.745. The van der Waals surface area contributed by atoms with Gasteiger partial charge in [0.05, 0.1) is 17.3 Å². The summed E-state index contributed by atoms with van der Waals surface area (Å²) in [7, 11) is 0. The summed E-state index contributed by atoms with van der Waals surface area (Å²) in [5.74, 6) is 1.18. The Labute approximate surface area is 159 Å². The number of aromatic nitrogens is 1.